The second-order valence-electron chi connectivity index (χ2n) is 5.65. The number of ether oxygens (including phenoxy) is 1. The zero-order valence-corrected chi connectivity index (χ0v) is 13.5. The summed E-state index contributed by atoms with van der Waals surface area (Å²) in [5.74, 6) is -0.438. The van der Waals surface area contributed by atoms with Crippen molar-refractivity contribution in [1.29, 1.82) is 0 Å². The molecule has 1 amide bonds. The maximum Gasteiger partial charge on any atom is 0.330 e. The summed E-state index contributed by atoms with van der Waals surface area (Å²) in [6.07, 6.45) is 1.80. The summed E-state index contributed by atoms with van der Waals surface area (Å²) in [5, 5.41) is 3.00. The van der Waals surface area contributed by atoms with Crippen LogP contribution in [0.5, 0.6) is 0 Å². The van der Waals surface area contributed by atoms with Gasteiger partial charge in [0.25, 0.3) is 0 Å². The Morgan fingerprint density at radius 2 is 2.18 bits per heavy atom. The molecule has 0 radical (unpaired) electrons. The molecule has 5 heteroatoms. The fourth-order valence-corrected chi connectivity index (χ4v) is 2.57. The van der Waals surface area contributed by atoms with Crippen LogP contribution in [0.3, 0.4) is 0 Å². The third kappa shape index (κ3) is 3.47. The number of amides is 1. The number of esters is 1. The third-order valence-electron chi connectivity index (χ3n) is 4.04. The van der Waals surface area contributed by atoms with Crippen LogP contribution in [0.25, 0.3) is 0 Å². The quantitative estimate of drug-likeness (QED) is 0.667. The average Bonchev–Trinajstić information content (AvgIpc) is 2.50. The van der Waals surface area contributed by atoms with Gasteiger partial charge in [0.1, 0.15) is 6.04 Å². The Labute approximate surface area is 131 Å². The largest absolute Gasteiger partial charge is 0.464 e. The summed E-state index contributed by atoms with van der Waals surface area (Å²) in [4.78, 5) is 26.3. The number of piperazine rings is 1. The average molecular weight is 304 g/mol. The van der Waals surface area contributed by atoms with E-state index in [4.69, 9.17) is 4.74 Å². The number of nitrogens with one attached hydrogen (secondary N) is 1. The Morgan fingerprint density at radius 3 is 2.91 bits per heavy atom. The fourth-order valence-electron chi connectivity index (χ4n) is 2.57. The van der Waals surface area contributed by atoms with Crippen LogP contribution < -0.4 is 10.2 Å². The number of benzene rings is 1. The monoisotopic (exact) mass is 304 g/mol. The summed E-state index contributed by atoms with van der Waals surface area (Å²) in [6.45, 7) is 7.08. The third-order valence-corrected chi connectivity index (χ3v) is 4.04. The molecule has 2 rings (SSSR count). The molecule has 1 atom stereocenters. The van der Waals surface area contributed by atoms with Gasteiger partial charge in [0.2, 0.25) is 5.91 Å². The SMILES string of the molecule is CCCCOC(=O)C1CNCC(=O)N1c1cccc(C)c1C. The number of hydrogen-bond donors (Lipinski definition) is 1. The predicted octanol–water partition coefficient (Wildman–Crippen LogP) is 1.95. The lowest BCUT2D eigenvalue weighted by molar-refractivity contribution is -0.147. The van der Waals surface area contributed by atoms with E-state index in [9.17, 15) is 9.59 Å². The van der Waals surface area contributed by atoms with Crippen molar-refractivity contribution in [3.63, 3.8) is 0 Å². The van der Waals surface area contributed by atoms with Gasteiger partial charge >= 0.3 is 5.97 Å². The Morgan fingerprint density at radius 1 is 1.41 bits per heavy atom. The minimum Gasteiger partial charge on any atom is -0.464 e. The minimum absolute atomic E-state index is 0.0996. The van der Waals surface area contributed by atoms with Crippen molar-refractivity contribution in [3.8, 4) is 0 Å². The maximum atomic E-state index is 12.4. The Bertz CT molecular complexity index is 557. The van der Waals surface area contributed by atoms with Crippen LogP contribution in [0.2, 0.25) is 0 Å². The molecule has 22 heavy (non-hydrogen) atoms. The lowest BCUT2D eigenvalue weighted by Crippen LogP contribution is -2.59. The molecule has 0 aromatic heterocycles. The highest BCUT2D eigenvalue weighted by molar-refractivity contribution is 6.02. The molecule has 5 nitrogen and oxygen atoms in total. The molecule has 120 valence electrons. The molecule has 1 heterocycles. The second-order valence-corrected chi connectivity index (χ2v) is 5.65. The number of aryl methyl sites for hydroxylation is 1. The molecule has 1 aromatic rings. The standard InChI is InChI=1S/C17H24N2O3/c1-4-5-9-22-17(21)15-10-18-11-16(20)19(15)14-8-6-7-12(2)13(14)3/h6-8,15,18H,4-5,9-11H2,1-3H3. The van der Waals surface area contributed by atoms with Gasteiger partial charge in [-0.3, -0.25) is 9.69 Å². The number of nitrogens with zero attached hydrogens (tertiary/aromatic N) is 1. The van der Waals surface area contributed by atoms with E-state index in [0.29, 0.717) is 13.2 Å². The summed E-state index contributed by atoms with van der Waals surface area (Å²) in [7, 11) is 0. The van der Waals surface area contributed by atoms with Crippen LogP contribution in [0, 0.1) is 13.8 Å². The highest BCUT2D eigenvalue weighted by atomic mass is 16.5. The number of hydrogen-bond acceptors (Lipinski definition) is 4. The number of carbonyl (C=O) groups excluding carboxylic acids is 2. The van der Waals surface area contributed by atoms with Crippen molar-refractivity contribution in [2.45, 2.75) is 39.7 Å². The number of anilines is 1. The molecule has 1 fully saturated rings. The van der Waals surface area contributed by atoms with Crippen molar-refractivity contribution in [1.82, 2.24) is 5.32 Å². The smallest absolute Gasteiger partial charge is 0.330 e. The summed E-state index contributed by atoms with van der Waals surface area (Å²) >= 11 is 0. The Kier molecular flexibility index (Phi) is 5.55. The van der Waals surface area contributed by atoms with Crippen LogP contribution in [0.4, 0.5) is 5.69 Å². The first-order chi connectivity index (χ1) is 10.6. The molecular weight excluding hydrogens is 280 g/mol. The summed E-state index contributed by atoms with van der Waals surface area (Å²) < 4.78 is 5.32. The van der Waals surface area contributed by atoms with Gasteiger partial charge in [-0.2, -0.15) is 0 Å². The first-order valence-electron chi connectivity index (χ1n) is 7.82. The summed E-state index contributed by atoms with van der Waals surface area (Å²) in [6, 6.07) is 5.20. The minimum atomic E-state index is -0.599. The molecule has 1 aliphatic heterocycles. The molecule has 1 N–H and O–H groups in total. The molecule has 0 bridgehead atoms. The molecule has 1 unspecified atom stereocenters. The maximum absolute atomic E-state index is 12.4. The number of rotatable bonds is 5. The van der Waals surface area contributed by atoms with Gasteiger partial charge in [0.15, 0.2) is 0 Å². The molecule has 1 aliphatic rings. The van der Waals surface area contributed by atoms with Gasteiger partial charge < -0.3 is 10.1 Å². The van der Waals surface area contributed by atoms with Gasteiger partial charge in [0, 0.05) is 12.2 Å². The second kappa shape index (κ2) is 7.40. The van der Waals surface area contributed by atoms with Gasteiger partial charge in [-0.15, -0.1) is 0 Å². The van der Waals surface area contributed by atoms with E-state index >= 15 is 0 Å². The molecule has 0 saturated carbocycles. The molecule has 0 spiro atoms. The fraction of sp³-hybridized carbons (Fsp3) is 0.529. The normalized spacial score (nSPS) is 18.4. The molecule has 1 saturated heterocycles. The van der Waals surface area contributed by atoms with Crippen molar-refractivity contribution < 1.29 is 14.3 Å². The molecular formula is C17H24N2O3. The predicted molar refractivity (Wildman–Crippen MR) is 85.9 cm³/mol. The van der Waals surface area contributed by atoms with E-state index in [1.807, 2.05) is 39.0 Å². The highest BCUT2D eigenvalue weighted by Crippen LogP contribution is 2.26. The summed E-state index contributed by atoms with van der Waals surface area (Å²) in [5.41, 5.74) is 2.91. The van der Waals surface area contributed by atoms with Crippen LogP contribution in [0.1, 0.15) is 30.9 Å². The van der Waals surface area contributed by atoms with Crippen LogP contribution >= 0.6 is 0 Å². The molecule has 1 aromatic carbocycles. The Hall–Kier alpha value is -1.88. The van der Waals surface area contributed by atoms with Crippen LogP contribution in [0.15, 0.2) is 18.2 Å². The van der Waals surface area contributed by atoms with Crippen LogP contribution in [-0.4, -0.2) is 37.6 Å². The Balaban J connectivity index is 2.25. The van der Waals surface area contributed by atoms with Crippen molar-refractivity contribution >= 4 is 17.6 Å². The lowest BCUT2D eigenvalue weighted by Gasteiger charge is -2.35. The van der Waals surface area contributed by atoms with E-state index in [1.54, 1.807) is 4.90 Å². The van der Waals surface area contributed by atoms with Crippen LogP contribution in [-0.2, 0) is 14.3 Å². The van der Waals surface area contributed by atoms with Crippen molar-refractivity contribution in [3.05, 3.63) is 29.3 Å². The van der Waals surface area contributed by atoms with Gasteiger partial charge in [-0.05, 0) is 37.5 Å². The van der Waals surface area contributed by atoms with Crippen molar-refractivity contribution in [2.24, 2.45) is 0 Å². The zero-order valence-electron chi connectivity index (χ0n) is 13.5. The van der Waals surface area contributed by atoms with E-state index in [2.05, 4.69) is 5.32 Å². The molecule has 0 aliphatic carbocycles. The van der Waals surface area contributed by atoms with Gasteiger partial charge in [0.05, 0.1) is 13.2 Å². The lowest BCUT2D eigenvalue weighted by atomic mass is 10.0. The van der Waals surface area contributed by atoms with Gasteiger partial charge in [-0.1, -0.05) is 25.5 Å². The van der Waals surface area contributed by atoms with Crippen molar-refractivity contribution in [2.75, 3.05) is 24.6 Å². The number of carbonyl (C=O) groups is 2. The van der Waals surface area contributed by atoms with E-state index in [0.717, 1.165) is 29.7 Å². The first kappa shape index (κ1) is 16.5. The zero-order chi connectivity index (χ0) is 16.1. The van der Waals surface area contributed by atoms with E-state index < -0.39 is 6.04 Å². The topological polar surface area (TPSA) is 58.6 Å². The van der Waals surface area contributed by atoms with E-state index in [1.165, 1.54) is 0 Å². The highest BCUT2D eigenvalue weighted by Gasteiger charge is 2.36. The van der Waals surface area contributed by atoms with Gasteiger partial charge in [-0.25, -0.2) is 4.79 Å². The van der Waals surface area contributed by atoms with E-state index in [-0.39, 0.29) is 18.4 Å². The first-order valence-corrected chi connectivity index (χ1v) is 7.82. The number of unbranched alkanes of at least 4 members (excludes halogenated alkanes) is 1.